The standard InChI is InChI=1S/C19H25N3O3/c1-14-6-9-22(10-7-14)19(24)15-4-5-18(20-13-15)21-16(8-11-23)17-3-2-12-25-17/h2-5,12-14,16,23H,6-11H2,1H3,(H,20,21). The molecule has 0 aromatic carbocycles. The van der Waals surface area contributed by atoms with E-state index in [9.17, 15) is 9.90 Å². The van der Waals surface area contributed by atoms with Gasteiger partial charge in [-0.3, -0.25) is 4.79 Å². The van der Waals surface area contributed by atoms with Crippen LogP contribution in [0, 0.1) is 5.92 Å². The lowest BCUT2D eigenvalue weighted by molar-refractivity contribution is 0.0697. The number of furan rings is 1. The lowest BCUT2D eigenvalue weighted by Crippen LogP contribution is -2.37. The average molecular weight is 343 g/mol. The highest BCUT2D eigenvalue weighted by atomic mass is 16.3. The van der Waals surface area contributed by atoms with Crippen LogP contribution >= 0.6 is 0 Å². The van der Waals surface area contributed by atoms with Crippen LogP contribution in [0.4, 0.5) is 5.82 Å². The number of anilines is 1. The molecule has 6 nitrogen and oxygen atoms in total. The van der Waals surface area contributed by atoms with Crippen LogP contribution < -0.4 is 5.32 Å². The molecule has 2 N–H and O–H groups in total. The van der Waals surface area contributed by atoms with Gasteiger partial charge in [0.25, 0.3) is 5.91 Å². The number of aliphatic hydroxyl groups excluding tert-OH is 1. The molecule has 134 valence electrons. The van der Waals surface area contributed by atoms with Gasteiger partial charge in [0.05, 0.1) is 17.9 Å². The van der Waals surface area contributed by atoms with Crippen molar-refractivity contribution in [1.29, 1.82) is 0 Å². The Bertz CT molecular complexity index is 662. The van der Waals surface area contributed by atoms with Crippen molar-refractivity contribution in [3.8, 4) is 0 Å². The normalized spacial score (nSPS) is 16.6. The molecule has 1 atom stereocenters. The predicted octanol–water partition coefficient (Wildman–Crippen LogP) is 3.08. The monoisotopic (exact) mass is 343 g/mol. The zero-order valence-corrected chi connectivity index (χ0v) is 14.5. The summed E-state index contributed by atoms with van der Waals surface area (Å²) in [6, 6.07) is 7.12. The maximum absolute atomic E-state index is 12.5. The number of amides is 1. The van der Waals surface area contributed by atoms with Crippen molar-refractivity contribution in [3.05, 3.63) is 48.0 Å². The highest BCUT2D eigenvalue weighted by Gasteiger charge is 2.22. The molecular weight excluding hydrogens is 318 g/mol. The smallest absolute Gasteiger partial charge is 0.255 e. The lowest BCUT2D eigenvalue weighted by atomic mass is 9.99. The van der Waals surface area contributed by atoms with E-state index in [4.69, 9.17) is 4.42 Å². The molecule has 0 spiro atoms. The van der Waals surface area contributed by atoms with Gasteiger partial charge in [-0.25, -0.2) is 4.98 Å². The van der Waals surface area contributed by atoms with E-state index in [1.165, 1.54) is 0 Å². The van der Waals surface area contributed by atoms with Crippen LogP contribution in [-0.4, -0.2) is 40.6 Å². The van der Waals surface area contributed by atoms with E-state index >= 15 is 0 Å². The van der Waals surface area contributed by atoms with E-state index in [1.807, 2.05) is 17.0 Å². The molecule has 3 rings (SSSR count). The molecule has 0 bridgehead atoms. The number of nitrogens with one attached hydrogen (secondary N) is 1. The zero-order chi connectivity index (χ0) is 17.6. The first-order chi connectivity index (χ1) is 12.2. The van der Waals surface area contributed by atoms with Gasteiger partial charge < -0.3 is 19.7 Å². The molecule has 1 aliphatic heterocycles. The van der Waals surface area contributed by atoms with Crippen LogP contribution in [0.15, 0.2) is 41.1 Å². The number of aromatic nitrogens is 1. The number of pyridine rings is 1. The Labute approximate surface area is 147 Å². The minimum Gasteiger partial charge on any atom is -0.467 e. The number of piperidine rings is 1. The van der Waals surface area contributed by atoms with Crippen LogP contribution in [0.1, 0.15) is 48.3 Å². The van der Waals surface area contributed by atoms with Gasteiger partial charge in [0.2, 0.25) is 0 Å². The third-order valence-electron chi connectivity index (χ3n) is 4.71. The number of nitrogens with zero attached hydrogens (tertiary/aromatic N) is 2. The van der Waals surface area contributed by atoms with Crippen LogP contribution in [0.2, 0.25) is 0 Å². The zero-order valence-electron chi connectivity index (χ0n) is 14.5. The number of carbonyl (C=O) groups excluding carboxylic acids is 1. The second-order valence-corrected chi connectivity index (χ2v) is 6.63. The van der Waals surface area contributed by atoms with Gasteiger partial charge in [-0.05, 0) is 49.4 Å². The fraction of sp³-hybridized carbons (Fsp3) is 0.474. The summed E-state index contributed by atoms with van der Waals surface area (Å²) in [5.41, 5.74) is 0.608. The van der Waals surface area contributed by atoms with E-state index < -0.39 is 0 Å². The fourth-order valence-electron chi connectivity index (χ4n) is 3.08. The maximum atomic E-state index is 12.5. The van der Waals surface area contributed by atoms with Gasteiger partial charge in [-0.15, -0.1) is 0 Å². The molecule has 1 saturated heterocycles. The summed E-state index contributed by atoms with van der Waals surface area (Å²) >= 11 is 0. The second-order valence-electron chi connectivity index (χ2n) is 6.63. The van der Waals surface area contributed by atoms with Crippen LogP contribution in [0.25, 0.3) is 0 Å². The Morgan fingerprint density at radius 2 is 2.20 bits per heavy atom. The molecule has 0 saturated carbocycles. The summed E-state index contributed by atoms with van der Waals surface area (Å²) in [7, 11) is 0. The SMILES string of the molecule is CC1CCN(C(=O)c2ccc(NC(CCO)c3ccco3)nc2)CC1. The quantitative estimate of drug-likeness (QED) is 0.843. The molecule has 2 aromatic rings. The fourth-order valence-corrected chi connectivity index (χ4v) is 3.08. The van der Waals surface area contributed by atoms with Crippen LogP contribution in [0.5, 0.6) is 0 Å². The summed E-state index contributed by atoms with van der Waals surface area (Å²) in [6.45, 7) is 3.90. The molecule has 1 unspecified atom stereocenters. The van der Waals surface area contributed by atoms with E-state index in [0.29, 0.717) is 23.7 Å². The molecule has 1 amide bonds. The number of rotatable bonds is 6. The Morgan fingerprint density at radius 3 is 2.80 bits per heavy atom. The summed E-state index contributed by atoms with van der Waals surface area (Å²) in [6.07, 6.45) is 5.86. The third kappa shape index (κ3) is 4.39. The Balaban J connectivity index is 1.64. The Morgan fingerprint density at radius 1 is 1.40 bits per heavy atom. The molecular formula is C19H25N3O3. The number of likely N-dealkylation sites (tertiary alicyclic amines) is 1. The molecule has 3 heterocycles. The summed E-state index contributed by atoms with van der Waals surface area (Å²) in [5.74, 6) is 2.14. The van der Waals surface area contributed by atoms with Gasteiger partial charge in [-0.2, -0.15) is 0 Å². The van der Waals surface area contributed by atoms with Crippen molar-refractivity contribution in [2.24, 2.45) is 5.92 Å². The van der Waals surface area contributed by atoms with E-state index in [2.05, 4.69) is 17.2 Å². The van der Waals surface area contributed by atoms with E-state index in [0.717, 1.165) is 31.7 Å². The van der Waals surface area contributed by atoms with E-state index in [-0.39, 0.29) is 18.6 Å². The predicted molar refractivity (Wildman–Crippen MR) is 95.3 cm³/mol. The molecule has 6 heteroatoms. The number of aliphatic hydroxyl groups is 1. The largest absolute Gasteiger partial charge is 0.467 e. The molecule has 2 aromatic heterocycles. The molecule has 0 radical (unpaired) electrons. The molecule has 25 heavy (non-hydrogen) atoms. The minimum atomic E-state index is -0.155. The van der Waals surface area contributed by atoms with Gasteiger partial charge in [-0.1, -0.05) is 6.92 Å². The van der Waals surface area contributed by atoms with Gasteiger partial charge in [0.15, 0.2) is 0 Å². The van der Waals surface area contributed by atoms with Crippen molar-refractivity contribution in [2.45, 2.75) is 32.2 Å². The van der Waals surface area contributed by atoms with Crippen molar-refractivity contribution in [2.75, 3.05) is 25.0 Å². The average Bonchev–Trinajstić information content (AvgIpc) is 3.17. The van der Waals surface area contributed by atoms with Crippen molar-refractivity contribution in [3.63, 3.8) is 0 Å². The summed E-state index contributed by atoms with van der Waals surface area (Å²) < 4.78 is 5.41. The topological polar surface area (TPSA) is 78.6 Å². The lowest BCUT2D eigenvalue weighted by Gasteiger charge is -2.30. The van der Waals surface area contributed by atoms with Crippen molar-refractivity contribution in [1.82, 2.24) is 9.88 Å². The maximum Gasteiger partial charge on any atom is 0.255 e. The Hall–Kier alpha value is -2.34. The highest BCUT2D eigenvalue weighted by molar-refractivity contribution is 5.94. The van der Waals surface area contributed by atoms with Crippen molar-refractivity contribution >= 4 is 11.7 Å². The van der Waals surface area contributed by atoms with Gasteiger partial charge in [0.1, 0.15) is 11.6 Å². The molecule has 0 aliphatic carbocycles. The number of carbonyl (C=O) groups is 1. The third-order valence-corrected chi connectivity index (χ3v) is 4.71. The van der Waals surface area contributed by atoms with Crippen molar-refractivity contribution < 1.29 is 14.3 Å². The van der Waals surface area contributed by atoms with Crippen LogP contribution in [0.3, 0.4) is 0 Å². The first-order valence-electron chi connectivity index (χ1n) is 8.83. The first kappa shape index (κ1) is 17.5. The Kier molecular flexibility index (Phi) is 5.71. The summed E-state index contributed by atoms with van der Waals surface area (Å²) in [4.78, 5) is 18.8. The van der Waals surface area contributed by atoms with Crippen LogP contribution in [-0.2, 0) is 0 Å². The number of hydrogen-bond acceptors (Lipinski definition) is 5. The highest BCUT2D eigenvalue weighted by Crippen LogP contribution is 2.23. The molecule has 1 aliphatic rings. The molecule has 1 fully saturated rings. The first-order valence-corrected chi connectivity index (χ1v) is 8.83. The number of hydrogen-bond donors (Lipinski definition) is 2. The minimum absolute atomic E-state index is 0.0440. The summed E-state index contributed by atoms with van der Waals surface area (Å²) in [5, 5.41) is 12.5. The van der Waals surface area contributed by atoms with Gasteiger partial charge in [0, 0.05) is 25.9 Å². The second kappa shape index (κ2) is 8.16. The van der Waals surface area contributed by atoms with Gasteiger partial charge >= 0.3 is 0 Å². The van der Waals surface area contributed by atoms with E-state index in [1.54, 1.807) is 24.6 Å².